The first-order chi connectivity index (χ1) is 13.9. The molecule has 0 unspecified atom stereocenters. The molecular weight excluding hydrogens is 396 g/mol. The zero-order chi connectivity index (χ0) is 21.3. The van der Waals surface area contributed by atoms with E-state index >= 15 is 0 Å². The zero-order valence-corrected chi connectivity index (χ0v) is 17.5. The van der Waals surface area contributed by atoms with Crippen molar-refractivity contribution >= 4 is 15.9 Å². The summed E-state index contributed by atoms with van der Waals surface area (Å²) in [6.45, 7) is 0.415. The second-order valence-corrected chi connectivity index (χ2v) is 7.84. The molecular formula is C20H26N2O6S. The Kier molecular flexibility index (Phi) is 8.29. The van der Waals surface area contributed by atoms with Gasteiger partial charge in [0.1, 0.15) is 5.75 Å². The highest BCUT2D eigenvalue weighted by atomic mass is 32.2. The Morgan fingerprint density at radius 1 is 0.897 bits per heavy atom. The van der Waals surface area contributed by atoms with Gasteiger partial charge in [0, 0.05) is 25.6 Å². The van der Waals surface area contributed by atoms with Crippen LogP contribution < -0.4 is 24.2 Å². The van der Waals surface area contributed by atoms with Gasteiger partial charge in [0.25, 0.3) is 0 Å². The van der Waals surface area contributed by atoms with Crippen LogP contribution >= 0.6 is 0 Å². The minimum atomic E-state index is -3.77. The summed E-state index contributed by atoms with van der Waals surface area (Å²) in [5.74, 6) is 1.27. The Bertz CT molecular complexity index is 930. The zero-order valence-electron chi connectivity index (χ0n) is 16.7. The molecule has 0 aromatic heterocycles. The number of nitrogens with one attached hydrogen (secondary N) is 2. The summed E-state index contributed by atoms with van der Waals surface area (Å²) in [7, 11) is 0.728. The van der Waals surface area contributed by atoms with Crippen molar-refractivity contribution in [1.82, 2.24) is 10.0 Å². The van der Waals surface area contributed by atoms with Gasteiger partial charge in [0.05, 0.1) is 26.2 Å². The summed E-state index contributed by atoms with van der Waals surface area (Å²) in [5.41, 5.74) is 0.990. The molecule has 2 N–H and O–H groups in total. The Balaban J connectivity index is 1.81. The average molecular weight is 423 g/mol. The topological polar surface area (TPSA) is 103 Å². The molecule has 2 aromatic carbocycles. The lowest BCUT2D eigenvalue weighted by Crippen LogP contribution is -2.31. The van der Waals surface area contributed by atoms with Crippen molar-refractivity contribution in [1.29, 1.82) is 0 Å². The van der Waals surface area contributed by atoms with E-state index in [4.69, 9.17) is 14.2 Å². The summed E-state index contributed by atoms with van der Waals surface area (Å²) in [6.07, 6.45) is 0.644. The van der Waals surface area contributed by atoms with E-state index in [1.54, 1.807) is 7.11 Å². The van der Waals surface area contributed by atoms with Crippen LogP contribution in [0.25, 0.3) is 0 Å². The number of ether oxygens (including phenoxy) is 3. The van der Waals surface area contributed by atoms with Gasteiger partial charge >= 0.3 is 0 Å². The molecule has 0 radical (unpaired) electrons. The van der Waals surface area contributed by atoms with Crippen molar-refractivity contribution in [3.8, 4) is 17.2 Å². The molecule has 0 fully saturated rings. The van der Waals surface area contributed by atoms with Crippen molar-refractivity contribution in [2.45, 2.75) is 17.7 Å². The fourth-order valence-electron chi connectivity index (χ4n) is 2.70. The number of methoxy groups -OCH3 is 3. The second kappa shape index (κ2) is 10.7. The number of para-hydroxylation sites is 1. The number of hydrogen-bond acceptors (Lipinski definition) is 6. The lowest BCUT2D eigenvalue weighted by Gasteiger charge is -2.11. The molecule has 0 atom stereocenters. The van der Waals surface area contributed by atoms with Gasteiger partial charge in [-0.15, -0.1) is 0 Å². The van der Waals surface area contributed by atoms with Gasteiger partial charge in [0.2, 0.25) is 15.9 Å². The Labute approximate surface area is 171 Å². The van der Waals surface area contributed by atoms with Gasteiger partial charge in [-0.2, -0.15) is 0 Å². The number of benzene rings is 2. The Morgan fingerprint density at radius 2 is 1.59 bits per heavy atom. The van der Waals surface area contributed by atoms with Crippen LogP contribution in [0, 0.1) is 0 Å². The SMILES string of the molecule is COc1ccccc1CCNC(=O)CCNS(=O)(=O)c1ccc(OC)c(OC)c1. The fraction of sp³-hybridized carbons (Fsp3) is 0.350. The average Bonchev–Trinajstić information content (AvgIpc) is 2.73. The standard InChI is InChI=1S/C20H26N2O6S/c1-26-17-7-5-4-6-15(17)10-12-21-20(23)11-13-22-29(24,25)16-8-9-18(27-2)19(14-16)28-3/h4-9,14,22H,10-13H2,1-3H3,(H,21,23). The smallest absolute Gasteiger partial charge is 0.240 e. The third-order valence-electron chi connectivity index (χ3n) is 4.22. The lowest BCUT2D eigenvalue weighted by atomic mass is 10.1. The van der Waals surface area contributed by atoms with Crippen molar-refractivity contribution in [2.24, 2.45) is 0 Å². The number of rotatable bonds is 11. The van der Waals surface area contributed by atoms with Crippen LogP contribution in [-0.2, 0) is 21.2 Å². The first kappa shape index (κ1) is 22.5. The monoisotopic (exact) mass is 422 g/mol. The van der Waals surface area contributed by atoms with E-state index in [0.29, 0.717) is 24.5 Å². The minimum absolute atomic E-state index is 0.0167. The molecule has 0 aliphatic carbocycles. The molecule has 0 heterocycles. The largest absolute Gasteiger partial charge is 0.496 e. The molecule has 0 aliphatic heterocycles. The van der Waals surface area contributed by atoms with Crippen LogP contribution in [-0.4, -0.2) is 48.7 Å². The highest BCUT2D eigenvalue weighted by Crippen LogP contribution is 2.29. The molecule has 2 rings (SSSR count). The van der Waals surface area contributed by atoms with E-state index in [1.165, 1.54) is 32.4 Å². The summed E-state index contributed by atoms with van der Waals surface area (Å²) in [4.78, 5) is 12.0. The fourth-order valence-corrected chi connectivity index (χ4v) is 3.75. The minimum Gasteiger partial charge on any atom is -0.496 e. The third kappa shape index (κ3) is 6.37. The molecule has 2 aromatic rings. The number of carbonyl (C=O) groups is 1. The van der Waals surface area contributed by atoms with Gasteiger partial charge in [-0.05, 0) is 30.2 Å². The molecule has 0 spiro atoms. The van der Waals surface area contributed by atoms with Crippen molar-refractivity contribution in [3.05, 3.63) is 48.0 Å². The van der Waals surface area contributed by atoms with E-state index < -0.39 is 10.0 Å². The molecule has 0 saturated heterocycles. The van der Waals surface area contributed by atoms with Crippen LogP contribution in [0.15, 0.2) is 47.4 Å². The highest BCUT2D eigenvalue weighted by Gasteiger charge is 2.17. The van der Waals surface area contributed by atoms with Gasteiger partial charge < -0.3 is 19.5 Å². The predicted octanol–water partition coefficient (Wildman–Crippen LogP) is 1.74. The lowest BCUT2D eigenvalue weighted by molar-refractivity contribution is -0.120. The molecule has 1 amide bonds. The first-order valence-electron chi connectivity index (χ1n) is 9.01. The molecule has 29 heavy (non-hydrogen) atoms. The van der Waals surface area contributed by atoms with Crippen LogP contribution in [0.3, 0.4) is 0 Å². The number of carbonyl (C=O) groups excluding carboxylic acids is 1. The summed E-state index contributed by atoms with van der Waals surface area (Å²) in [6, 6.07) is 11.9. The maximum absolute atomic E-state index is 12.4. The number of hydrogen-bond donors (Lipinski definition) is 2. The summed E-state index contributed by atoms with van der Waals surface area (Å²) >= 11 is 0. The van der Waals surface area contributed by atoms with E-state index in [1.807, 2.05) is 24.3 Å². The maximum Gasteiger partial charge on any atom is 0.240 e. The number of sulfonamides is 1. The molecule has 158 valence electrons. The molecule has 0 bridgehead atoms. The van der Waals surface area contributed by atoms with E-state index in [9.17, 15) is 13.2 Å². The quantitative estimate of drug-likeness (QED) is 0.572. The van der Waals surface area contributed by atoms with Crippen LogP contribution in [0.1, 0.15) is 12.0 Å². The third-order valence-corrected chi connectivity index (χ3v) is 5.68. The number of amides is 1. The second-order valence-electron chi connectivity index (χ2n) is 6.08. The van der Waals surface area contributed by atoms with Crippen molar-refractivity contribution in [3.63, 3.8) is 0 Å². The van der Waals surface area contributed by atoms with Gasteiger partial charge in [-0.1, -0.05) is 18.2 Å². The van der Waals surface area contributed by atoms with E-state index in [-0.39, 0.29) is 23.8 Å². The van der Waals surface area contributed by atoms with Crippen LogP contribution in [0.2, 0.25) is 0 Å². The van der Waals surface area contributed by atoms with Crippen LogP contribution in [0.4, 0.5) is 0 Å². The van der Waals surface area contributed by atoms with E-state index in [0.717, 1.165) is 11.3 Å². The molecule has 0 saturated carbocycles. The highest BCUT2D eigenvalue weighted by molar-refractivity contribution is 7.89. The van der Waals surface area contributed by atoms with Crippen molar-refractivity contribution in [2.75, 3.05) is 34.4 Å². The van der Waals surface area contributed by atoms with Crippen molar-refractivity contribution < 1.29 is 27.4 Å². The molecule has 8 nitrogen and oxygen atoms in total. The normalized spacial score (nSPS) is 11.0. The molecule has 9 heteroatoms. The summed E-state index contributed by atoms with van der Waals surface area (Å²) < 4.78 is 42.7. The first-order valence-corrected chi connectivity index (χ1v) is 10.5. The molecule has 0 aliphatic rings. The van der Waals surface area contributed by atoms with Crippen LogP contribution in [0.5, 0.6) is 17.2 Å². The Hall–Kier alpha value is -2.78. The Morgan fingerprint density at radius 3 is 2.28 bits per heavy atom. The van der Waals surface area contributed by atoms with Gasteiger partial charge in [-0.25, -0.2) is 13.1 Å². The summed E-state index contributed by atoms with van der Waals surface area (Å²) in [5, 5.41) is 2.78. The van der Waals surface area contributed by atoms with Gasteiger partial charge in [-0.3, -0.25) is 4.79 Å². The van der Waals surface area contributed by atoms with Gasteiger partial charge in [0.15, 0.2) is 11.5 Å². The predicted molar refractivity (Wildman–Crippen MR) is 109 cm³/mol. The van der Waals surface area contributed by atoms with E-state index in [2.05, 4.69) is 10.0 Å². The maximum atomic E-state index is 12.4.